The summed E-state index contributed by atoms with van der Waals surface area (Å²) in [6.45, 7) is 8.05. The zero-order valence-electron chi connectivity index (χ0n) is 8.00. The van der Waals surface area contributed by atoms with Crippen molar-refractivity contribution in [3.05, 3.63) is 11.6 Å². The van der Waals surface area contributed by atoms with Gasteiger partial charge in [-0.25, -0.2) is 0 Å². The Morgan fingerprint density at radius 3 is 2.42 bits per heavy atom. The molecule has 1 unspecified atom stereocenters. The van der Waals surface area contributed by atoms with Crippen molar-refractivity contribution in [1.29, 1.82) is 0 Å². The largest absolute Gasteiger partial charge is 0.305 e. The van der Waals surface area contributed by atoms with Gasteiger partial charge in [0, 0.05) is 13.1 Å². The van der Waals surface area contributed by atoms with Crippen LogP contribution in [-0.2, 0) is 4.79 Å². The topological polar surface area (TPSA) is 20.3 Å². The standard InChI is InChI=1S/C9H15NOS/c1-7(11)10-5-6-12-8(10)9(2,3)4/h5-6,8H,1-4H3. The zero-order chi connectivity index (χ0) is 9.35. The number of carbonyl (C=O) groups is 1. The van der Waals surface area contributed by atoms with E-state index >= 15 is 0 Å². The molecule has 1 aliphatic rings. The van der Waals surface area contributed by atoms with Gasteiger partial charge in [-0.3, -0.25) is 4.79 Å². The minimum atomic E-state index is 0.121. The number of rotatable bonds is 0. The van der Waals surface area contributed by atoms with Crippen LogP contribution >= 0.6 is 11.8 Å². The van der Waals surface area contributed by atoms with Gasteiger partial charge in [-0.1, -0.05) is 20.8 Å². The van der Waals surface area contributed by atoms with E-state index in [1.54, 1.807) is 23.6 Å². The van der Waals surface area contributed by atoms with Crippen molar-refractivity contribution in [3.63, 3.8) is 0 Å². The summed E-state index contributed by atoms with van der Waals surface area (Å²) in [5.74, 6) is 0.121. The highest BCUT2D eigenvalue weighted by Crippen LogP contribution is 2.37. The van der Waals surface area contributed by atoms with E-state index < -0.39 is 0 Å². The lowest BCUT2D eigenvalue weighted by Crippen LogP contribution is -2.38. The van der Waals surface area contributed by atoms with Crippen LogP contribution in [0.2, 0.25) is 0 Å². The van der Waals surface area contributed by atoms with E-state index in [1.807, 2.05) is 11.6 Å². The maximum absolute atomic E-state index is 11.2. The second kappa shape index (κ2) is 3.13. The smallest absolute Gasteiger partial charge is 0.224 e. The summed E-state index contributed by atoms with van der Waals surface area (Å²) in [5, 5.41) is 2.24. The summed E-state index contributed by atoms with van der Waals surface area (Å²) in [6.07, 6.45) is 1.86. The minimum Gasteiger partial charge on any atom is -0.305 e. The van der Waals surface area contributed by atoms with Gasteiger partial charge in [0.25, 0.3) is 0 Å². The van der Waals surface area contributed by atoms with Crippen molar-refractivity contribution in [2.45, 2.75) is 33.1 Å². The van der Waals surface area contributed by atoms with E-state index in [2.05, 4.69) is 20.8 Å². The second-order valence-corrected chi connectivity index (χ2v) is 5.06. The molecule has 0 radical (unpaired) electrons. The number of carbonyl (C=O) groups excluding carboxylic acids is 1. The van der Waals surface area contributed by atoms with Crippen LogP contribution in [0.5, 0.6) is 0 Å². The Hall–Kier alpha value is -0.440. The maximum Gasteiger partial charge on any atom is 0.224 e. The van der Waals surface area contributed by atoms with E-state index in [-0.39, 0.29) is 16.7 Å². The summed E-state index contributed by atoms with van der Waals surface area (Å²) in [7, 11) is 0. The molecule has 2 nitrogen and oxygen atoms in total. The second-order valence-electron chi connectivity index (χ2n) is 4.07. The molecule has 0 saturated carbocycles. The van der Waals surface area contributed by atoms with Gasteiger partial charge in [0.15, 0.2) is 0 Å². The van der Waals surface area contributed by atoms with Crippen molar-refractivity contribution >= 4 is 17.7 Å². The lowest BCUT2D eigenvalue weighted by molar-refractivity contribution is -0.127. The first-order valence-corrected chi connectivity index (χ1v) is 4.98. The van der Waals surface area contributed by atoms with Gasteiger partial charge in [-0.15, -0.1) is 11.8 Å². The predicted octanol–water partition coefficient (Wildman–Crippen LogP) is 2.43. The fraction of sp³-hybridized carbons (Fsp3) is 0.667. The van der Waals surface area contributed by atoms with Gasteiger partial charge in [-0.2, -0.15) is 0 Å². The van der Waals surface area contributed by atoms with Gasteiger partial charge in [0.1, 0.15) is 0 Å². The number of nitrogens with zero attached hydrogens (tertiary/aromatic N) is 1. The highest BCUT2D eigenvalue weighted by molar-refractivity contribution is 8.02. The Bertz CT molecular complexity index is 217. The van der Waals surface area contributed by atoms with Crippen molar-refractivity contribution < 1.29 is 4.79 Å². The zero-order valence-corrected chi connectivity index (χ0v) is 8.81. The molecule has 0 N–H and O–H groups in total. The molecule has 0 aromatic carbocycles. The number of thioether (sulfide) groups is 1. The minimum absolute atomic E-state index is 0.121. The quantitative estimate of drug-likeness (QED) is 0.577. The summed E-state index contributed by atoms with van der Waals surface area (Å²) < 4.78 is 0. The summed E-state index contributed by atoms with van der Waals surface area (Å²) in [6, 6.07) is 0. The average Bonchev–Trinajstić information content (AvgIpc) is 2.30. The lowest BCUT2D eigenvalue weighted by atomic mass is 9.95. The molecule has 0 aromatic rings. The van der Waals surface area contributed by atoms with Crippen LogP contribution in [0.25, 0.3) is 0 Å². The SMILES string of the molecule is CC(=O)N1C=CSC1C(C)(C)C. The van der Waals surface area contributed by atoms with E-state index in [0.29, 0.717) is 0 Å². The number of hydrogen-bond acceptors (Lipinski definition) is 2. The molecule has 1 aliphatic heterocycles. The van der Waals surface area contributed by atoms with Crippen LogP contribution in [0.4, 0.5) is 0 Å². The van der Waals surface area contributed by atoms with E-state index in [9.17, 15) is 4.79 Å². The molecule has 68 valence electrons. The van der Waals surface area contributed by atoms with Crippen molar-refractivity contribution in [3.8, 4) is 0 Å². The molecular weight excluding hydrogens is 170 g/mol. The molecule has 0 aromatic heterocycles. The van der Waals surface area contributed by atoms with Crippen LogP contribution in [0.1, 0.15) is 27.7 Å². The third-order valence-electron chi connectivity index (χ3n) is 1.79. The van der Waals surface area contributed by atoms with Gasteiger partial charge in [0.2, 0.25) is 5.91 Å². The molecule has 0 bridgehead atoms. The van der Waals surface area contributed by atoms with Crippen LogP contribution < -0.4 is 0 Å². The van der Waals surface area contributed by atoms with Crippen molar-refractivity contribution in [2.24, 2.45) is 5.41 Å². The lowest BCUT2D eigenvalue weighted by Gasteiger charge is -2.32. The van der Waals surface area contributed by atoms with E-state index in [1.165, 1.54) is 0 Å². The summed E-state index contributed by atoms with van der Waals surface area (Å²) in [5.41, 5.74) is 0.139. The Morgan fingerprint density at radius 2 is 2.08 bits per heavy atom. The first-order valence-electron chi connectivity index (χ1n) is 4.04. The molecule has 12 heavy (non-hydrogen) atoms. The molecule has 0 spiro atoms. The molecule has 1 amide bonds. The molecule has 0 aliphatic carbocycles. The van der Waals surface area contributed by atoms with Crippen LogP contribution in [-0.4, -0.2) is 16.2 Å². The maximum atomic E-state index is 11.2. The predicted molar refractivity (Wildman–Crippen MR) is 52.5 cm³/mol. The van der Waals surface area contributed by atoms with Crippen molar-refractivity contribution in [1.82, 2.24) is 4.90 Å². The Labute approximate surface area is 78.0 Å². The third-order valence-corrected chi connectivity index (χ3v) is 3.26. The summed E-state index contributed by atoms with van der Waals surface area (Å²) in [4.78, 5) is 13.0. The van der Waals surface area contributed by atoms with Crippen molar-refractivity contribution in [2.75, 3.05) is 0 Å². The highest BCUT2D eigenvalue weighted by atomic mass is 32.2. The Balaban J connectivity index is 2.75. The number of hydrogen-bond donors (Lipinski definition) is 0. The van der Waals surface area contributed by atoms with E-state index in [0.717, 1.165) is 0 Å². The monoisotopic (exact) mass is 185 g/mol. The average molecular weight is 185 g/mol. The van der Waals surface area contributed by atoms with Crippen LogP contribution in [0.15, 0.2) is 11.6 Å². The third kappa shape index (κ3) is 1.83. The number of amides is 1. The van der Waals surface area contributed by atoms with Crippen LogP contribution in [0.3, 0.4) is 0 Å². The molecular formula is C9H15NOS. The Morgan fingerprint density at radius 1 is 1.50 bits per heavy atom. The molecule has 1 atom stereocenters. The fourth-order valence-electron chi connectivity index (χ4n) is 1.21. The Kier molecular flexibility index (Phi) is 2.52. The highest BCUT2D eigenvalue weighted by Gasteiger charge is 2.33. The molecule has 3 heteroatoms. The van der Waals surface area contributed by atoms with E-state index in [4.69, 9.17) is 0 Å². The van der Waals surface area contributed by atoms with Gasteiger partial charge in [-0.05, 0) is 10.8 Å². The van der Waals surface area contributed by atoms with Gasteiger partial charge < -0.3 is 4.90 Å². The molecule has 0 saturated heterocycles. The first kappa shape index (κ1) is 9.65. The molecule has 1 rings (SSSR count). The first-order chi connectivity index (χ1) is 5.43. The van der Waals surface area contributed by atoms with Gasteiger partial charge >= 0.3 is 0 Å². The molecule has 0 fully saturated rings. The molecule has 1 heterocycles. The fourth-order valence-corrected chi connectivity index (χ4v) is 2.32. The summed E-state index contributed by atoms with van der Waals surface area (Å²) >= 11 is 1.71. The van der Waals surface area contributed by atoms with Gasteiger partial charge in [0.05, 0.1) is 5.37 Å². The van der Waals surface area contributed by atoms with Crippen LogP contribution in [0, 0.1) is 5.41 Å². The normalized spacial score (nSPS) is 23.3.